The first kappa shape index (κ1) is 26.2. The molecule has 3 N–H and O–H groups in total. The molecule has 9 heteroatoms. The normalized spacial score (nSPS) is 11.8. The van der Waals surface area contributed by atoms with Crippen molar-refractivity contribution in [3.05, 3.63) is 60.7 Å². The first-order valence-corrected chi connectivity index (χ1v) is 12.9. The number of anilines is 3. The Labute approximate surface area is 205 Å². The van der Waals surface area contributed by atoms with E-state index >= 15 is 0 Å². The largest absolute Gasteiger partial charge is 0.326 e. The smallest absolute Gasteiger partial charge is 0.262 e. The van der Waals surface area contributed by atoms with Crippen LogP contribution in [0.4, 0.5) is 21.5 Å². The lowest BCUT2D eigenvalue weighted by Crippen LogP contribution is -2.32. The quantitative estimate of drug-likeness (QED) is 0.333. The van der Waals surface area contributed by atoms with Gasteiger partial charge < -0.3 is 10.6 Å². The molecular formula is C26H30FN3O4S. The molecule has 0 spiro atoms. The van der Waals surface area contributed by atoms with E-state index in [1.807, 2.05) is 6.92 Å². The minimum atomic E-state index is -3.96. The van der Waals surface area contributed by atoms with E-state index in [-0.39, 0.29) is 10.8 Å². The van der Waals surface area contributed by atoms with Crippen molar-refractivity contribution in [1.82, 2.24) is 0 Å². The Morgan fingerprint density at radius 2 is 1.51 bits per heavy atom. The molecule has 0 aliphatic rings. The average molecular weight is 500 g/mol. The van der Waals surface area contributed by atoms with Crippen molar-refractivity contribution in [2.75, 3.05) is 22.0 Å². The van der Waals surface area contributed by atoms with E-state index < -0.39 is 28.0 Å². The number of sulfonamides is 1. The molecule has 3 aromatic rings. The number of hydrogen-bond acceptors (Lipinski definition) is 4. The van der Waals surface area contributed by atoms with E-state index in [4.69, 9.17) is 0 Å². The van der Waals surface area contributed by atoms with Crippen LogP contribution in [-0.2, 0) is 19.6 Å². The molecule has 0 saturated heterocycles. The summed E-state index contributed by atoms with van der Waals surface area (Å²) in [6, 6.07) is 16.1. The van der Waals surface area contributed by atoms with Crippen LogP contribution in [0.15, 0.2) is 65.6 Å². The minimum Gasteiger partial charge on any atom is -0.326 e. The van der Waals surface area contributed by atoms with Crippen LogP contribution in [0.5, 0.6) is 0 Å². The molecule has 35 heavy (non-hydrogen) atoms. The third-order valence-corrected chi connectivity index (χ3v) is 6.99. The summed E-state index contributed by atoms with van der Waals surface area (Å²) < 4.78 is 42.0. The standard InChI is InChI=1S/C26H30FN3O4S/c1-4-5-12-24(31)29-22-10-6-9-21-20(22)8-7-11-23(21)35(33,34)30-19-15-13-18(14-16-19)28-25(32)26(2,3)17-27/h6-11,13-16,30H,4-5,12,17H2,1-3H3,(H,28,32)(H,29,31). The molecule has 3 aromatic carbocycles. The third kappa shape index (κ3) is 6.36. The van der Waals surface area contributed by atoms with Gasteiger partial charge in [0, 0.05) is 34.3 Å². The molecule has 0 saturated carbocycles. The van der Waals surface area contributed by atoms with Gasteiger partial charge in [-0.25, -0.2) is 12.8 Å². The van der Waals surface area contributed by atoms with Crippen molar-refractivity contribution in [3.63, 3.8) is 0 Å². The molecule has 0 unspecified atom stereocenters. The van der Waals surface area contributed by atoms with E-state index in [9.17, 15) is 22.4 Å². The molecule has 0 aliphatic carbocycles. The number of fused-ring (bicyclic) bond motifs is 1. The number of hydrogen-bond donors (Lipinski definition) is 3. The van der Waals surface area contributed by atoms with Crippen molar-refractivity contribution in [2.45, 2.75) is 44.9 Å². The first-order chi connectivity index (χ1) is 16.6. The van der Waals surface area contributed by atoms with Crippen molar-refractivity contribution in [2.24, 2.45) is 5.41 Å². The first-order valence-electron chi connectivity index (χ1n) is 11.4. The van der Waals surface area contributed by atoms with Crippen molar-refractivity contribution < 1.29 is 22.4 Å². The van der Waals surface area contributed by atoms with Crippen LogP contribution in [0, 0.1) is 5.41 Å². The number of carbonyl (C=O) groups excluding carboxylic acids is 2. The summed E-state index contributed by atoms with van der Waals surface area (Å²) in [6.07, 6.45) is 2.07. The third-order valence-electron chi connectivity index (χ3n) is 5.55. The fraction of sp³-hybridized carbons (Fsp3) is 0.308. The van der Waals surface area contributed by atoms with Crippen molar-refractivity contribution in [1.29, 1.82) is 0 Å². The Morgan fingerprint density at radius 3 is 2.17 bits per heavy atom. The zero-order valence-electron chi connectivity index (χ0n) is 20.0. The van der Waals surface area contributed by atoms with Gasteiger partial charge in [-0.2, -0.15) is 0 Å². The molecular weight excluding hydrogens is 469 g/mol. The van der Waals surface area contributed by atoms with Crippen molar-refractivity contribution in [3.8, 4) is 0 Å². The zero-order valence-corrected chi connectivity index (χ0v) is 20.8. The fourth-order valence-corrected chi connectivity index (χ4v) is 4.65. The van der Waals surface area contributed by atoms with Gasteiger partial charge in [-0.1, -0.05) is 37.6 Å². The zero-order chi connectivity index (χ0) is 25.6. The number of benzene rings is 3. The van der Waals surface area contributed by atoms with Gasteiger partial charge in [-0.15, -0.1) is 0 Å². The maximum Gasteiger partial charge on any atom is 0.262 e. The summed E-state index contributed by atoms with van der Waals surface area (Å²) >= 11 is 0. The van der Waals surface area contributed by atoms with Crippen LogP contribution in [0.3, 0.4) is 0 Å². The van der Waals surface area contributed by atoms with Gasteiger partial charge in [-0.05, 0) is 56.7 Å². The van der Waals surface area contributed by atoms with Gasteiger partial charge >= 0.3 is 0 Å². The Kier molecular flexibility index (Phi) is 8.11. The molecule has 0 radical (unpaired) electrons. The van der Waals surface area contributed by atoms with Crippen LogP contribution in [0.2, 0.25) is 0 Å². The van der Waals surface area contributed by atoms with E-state index in [2.05, 4.69) is 15.4 Å². The molecule has 0 atom stereocenters. The number of halogens is 1. The van der Waals surface area contributed by atoms with E-state index in [1.54, 1.807) is 30.3 Å². The lowest BCUT2D eigenvalue weighted by molar-refractivity contribution is -0.124. The molecule has 7 nitrogen and oxygen atoms in total. The Bertz CT molecular complexity index is 1320. The topological polar surface area (TPSA) is 104 Å². The maximum absolute atomic E-state index is 13.2. The highest BCUT2D eigenvalue weighted by Gasteiger charge is 2.27. The van der Waals surface area contributed by atoms with Crippen LogP contribution < -0.4 is 15.4 Å². The number of unbranched alkanes of at least 4 members (excludes halogenated alkanes) is 1. The van der Waals surface area contributed by atoms with Crippen LogP contribution >= 0.6 is 0 Å². The highest BCUT2D eigenvalue weighted by molar-refractivity contribution is 7.93. The van der Waals surface area contributed by atoms with E-state index in [1.165, 1.54) is 44.2 Å². The molecule has 3 rings (SSSR count). The number of nitrogens with one attached hydrogen (secondary N) is 3. The second kappa shape index (κ2) is 10.9. The van der Waals surface area contributed by atoms with Gasteiger partial charge in [0.25, 0.3) is 10.0 Å². The summed E-state index contributed by atoms with van der Waals surface area (Å²) in [6.45, 7) is 4.20. The minimum absolute atomic E-state index is 0.0710. The highest BCUT2D eigenvalue weighted by atomic mass is 32.2. The van der Waals surface area contributed by atoms with Crippen molar-refractivity contribution >= 4 is 49.7 Å². The molecule has 0 heterocycles. The SMILES string of the molecule is CCCCC(=O)Nc1cccc2c(S(=O)(=O)Nc3ccc(NC(=O)C(C)(C)CF)cc3)cccc12. The van der Waals surface area contributed by atoms with Crippen LogP contribution in [0.25, 0.3) is 10.8 Å². The summed E-state index contributed by atoms with van der Waals surface area (Å²) in [5, 5.41) is 6.59. The second-order valence-corrected chi connectivity index (χ2v) is 10.6. The number of rotatable bonds is 10. The van der Waals surface area contributed by atoms with Gasteiger partial charge in [0.1, 0.15) is 6.67 Å². The lowest BCUT2D eigenvalue weighted by Gasteiger charge is -2.19. The summed E-state index contributed by atoms with van der Waals surface area (Å²) in [5.41, 5.74) is 0.113. The Balaban J connectivity index is 1.83. The summed E-state index contributed by atoms with van der Waals surface area (Å²) in [5.74, 6) is -0.588. The van der Waals surface area contributed by atoms with Crippen LogP contribution in [-0.4, -0.2) is 26.9 Å². The monoisotopic (exact) mass is 499 g/mol. The molecule has 186 valence electrons. The highest BCUT2D eigenvalue weighted by Crippen LogP contribution is 2.30. The second-order valence-electron chi connectivity index (χ2n) is 8.96. The average Bonchev–Trinajstić information content (AvgIpc) is 2.83. The molecule has 0 aromatic heterocycles. The predicted molar refractivity (Wildman–Crippen MR) is 138 cm³/mol. The number of alkyl halides is 1. The van der Waals surface area contributed by atoms with Gasteiger partial charge in [-0.3, -0.25) is 14.3 Å². The fourth-order valence-electron chi connectivity index (χ4n) is 3.37. The van der Waals surface area contributed by atoms with Gasteiger partial charge in [0.2, 0.25) is 11.8 Å². The van der Waals surface area contributed by atoms with Crippen LogP contribution in [0.1, 0.15) is 40.0 Å². The summed E-state index contributed by atoms with van der Waals surface area (Å²) in [4.78, 5) is 24.4. The number of carbonyl (C=O) groups is 2. The molecule has 0 aliphatic heterocycles. The molecule has 0 bridgehead atoms. The number of amides is 2. The molecule has 2 amide bonds. The summed E-state index contributed by atoms with van der Waals surface area (Å²) in [7, 11) is -3.96. The van der Waals surface area contributed by atoms with Gasteiger partial charge in [0.05, 0.1) is 10.3 Å². The Morgan fingerprint density at radius 1 is 0.886 bits per heavy atom. The molecule has 0 fully saturated rings. The maximum atomic E-state index is 13.2. The van der Waals surface area contributed by atoms with E-state index in [0.717, 1.165) is 12.8 Å². The lowest BCUT2D eigenvalue weighted by atomic mass is 9.94. The Hall–Kier alpha value is -3.46. The predicted octanol–water partition coefficient (Wildman–Crippen LogP) is 5.70. The van der Waals surface area contributed by atoms with Gasteiger partial charge in [0.15, 0.2) is 0 Å². The van der Waals surface area contributed by atoms with E-state index in [0.29, 0.717) is 34.3 Å².